The number of carbonyl (C=O) groups excluding carboxylic acids is 2. The van der Waals surface area contributed by atoms with E-state index in [0.29, 0.717) is 6.54 Å². The minimum atomic E-state index is -0.549. The van der Waals surface area contributed by atoms with Gasteiger partial charge in [0.05, 0.1) is 6.26 Å². The van der Waals surface area contributed by atoms with Crippen LogP contribution in [-0.2, 0) is 11.2 Å². The summed E-state index contributed by atoms with van der Waals surface area (Å²) >= 11 is 0. The van der Waals surface area contributed by atoms with Gasteiger partial charge in [-0.25, -0.2) is 4.79 Å². The first kappa shape index (κ1) is 16.1. The lowest BCUT2D eigenvalue weighted by atomic mass is 10.1. The highest BCUT2D eigenvalue weighted by atomic mass is 16.3. The van der Waals surface area contributed by atoms with E-state index >= 15 is 0 Å². The van der Waals surface area contributed by atoms with Crippen molar-refractivity contribution in [3.8, 4) is 0 Å². The molecule has 0 unspecified atom stereocenters. The SMILES string of the molecule is CCNC(=O)[C@H](C)NC(=O)N[C@H](C)CCc1ccco1. The molecular weight excluding hydrogens is 258 g/mol. The van der Waals surface area contributed by atoms with Crippen LogP contribution in [0.4, 0.5) is 4.79 Å². The first-order valence-corrected chi connectivity index (χ1v) is 6.90. The predicted octanol–water partition coefficient (Wildman–Crippen LogP) is 1.42. The van der Waals surface area contributed by atoms with Gasteiger partial charge in [0, 0.05) is 19.0 Å². The molecule has 1 aromatic heterocycles. The molecule has 1 rings (SSSR count). The molecule has 3 amide bonds. The maximum Gasteiger partial charge on any atom is 0.315 e. The molecule has 0 aliphatic heterocycles. The summed E-state index contributed by atoms with van der Waals surface area (Å²) in [6.07, 6.45) is 3.17. The zero-order valence-electron chi connectivity index (χ0n) is 12.2. The Bertz CT molecular complexity index is 417. The number of rotatable bonds is 7. The number of hydrogen-bond acceptors (Lipinski definition) is 3. The number of amides is 3. The molecule has 0 saturated heterocycles. The molecule has 112 valence electrons. The van der Waals surface area contributed by atoms with E-state index in [-0.39, 0.29) is 18.0 Å². The van der Waals surface area contributed by atoms with Crippen molar-refractivity contribution in [1.82, 2.24) is 16.0 Å². The molecule has 0 fully saturated rings. The van der Waals surface area contributed by atoms with Crippen LogP contribution in [0.2, 0.25) is 0 Å². The van der Waals surface area contributed by atoms with Gasteiger partial charge in [-0.15, -0.1) is 0 Å². The molecule has 6 nitrogen and oxygen atoms in total. The molecule has 0 aromatic carbocycles. The van der Waals surface area contributed by atoms with Crippen LogP contribution in [0.25, 0.3) is 0 Å². The van der Waals surface area contributed by atoms with E-state index in [2.05, 4.69) is 16.0 Å². The van der Waals surface area contributed by atoms with E-state index in [1.807, 2.05) is 26.0 Å². The second kappa shape index (κ2) is 8.24. The third kappa shape index (κ3) is 5.77. The molecule has 1 aromatic rings. The molecule has 0 radical (unpaired) electrons. The average Bonchev–Trinajstić information content (AvgIpc) is 2.89. The molecule has 0 aliphatic carbocycles. The van der Waals surface area contributed by atoms with E-state index in [1.54, 1.807) is 13.2 Å². The van der Waals surface area contributed by atoms with Crippen LogP contribution >= 0.6 is 0 Å². The van der Waals surface area contributed by atoms with Crippen LogP contribution in [0.1, 0.15) is 33.0 Å². The topological polar surface area (TPSA) is 83.4 Å². The first-order valence-electron chi connectivity index (χ1n) is 6.90. The number of furan rings is 1. The van der Waals surface area contributed by atoms with Crippen LogP contribution < -0.4 is 16.0 Å². The van der Waals surface area contributed by atoms with Gasteiger partial charge >= 0.3 is 6.03 Å². The predicted molar refractivity (Wildman–Crippen MR) is 76.3 cm³/mol. The molecule has 0 spiro atoms. The van der Waals surface area contributed by atoms with Gasteiger partial charge in [-0.1, -0.05) is 0 Å². The molecule has 2 atom stereocenters. The van der Waals surface area contributed by atoms with Gasteiger partial charge in [0.15, 0.2) is 0 Å². The fourth-order valence-corrected chi connectivity index (χ4v) is 1.74. The van der Waals surface area contributed by atoms with Gasteiger partial charge < -0.3 is 20.4 Å². The van der Waals surface area contributed by atoms with Crippen molar-refractivity contribution in [2.24, 2.45) is 0 Å². The quantitative estimate of drug-likeness (QED) is 0.707. The van der Waals surface area contributed by atoms with E-state index in [1.165, 1.54) is 0 Å². The first-order chi connectivity index (χ1) is 9.52. The molecular formula is C14H23N3O3. The second-order valence-corrected chi connectivity index (χ2v) is 4.75. The van der Waals surface area contributed by atoms with Gasteiger partial charge in [-0.2, -0.15) is 0 Å². The van der Waals surface area contributed by atoms with Gasteiger partial charge in [-0.3, -0.25) is 4.79 Å². The Morgan fingerprint density at radius 2 is 2.05 bits per heavy atom. The second-order valence-electron chi connectivity index (χ2n) is 4.75. The van der Waals surface area contributed by atoms with Crippen molar-refractivity contribution in [3.05, 3.63) is 24.2 Å². The fourth-order valence-electron chi connectivity index (χ4n) is 1.74. The summed E-state index contributed by atoms with van der Waals surface area (Å²) in [5, 5.41) is 8.06. The summed E-state index contributed by atoms with van der Waals surface area (Å²) in [4.78, 5) is 23.2. The van der Waals surface area contributed by atoms with E-state index in [4.69, 9.17) is 4.42 Å². The Morgan fingerprint density at radius 1 is 1.30 bits per heavy atom. The van der Waals surface area contributed by atoms with Gasteiger partial charge in [0.2, 0.25) is 5.91 Å². The molecule has 0 aliphatic rings. The number of urea groups is 1. The summed E-state index contributed by atoms with van der Waals surface area (Å²) in [5.74, 6) is 0.709. The van der Waals surface area contributed by atoms with Crippen LogP contribution in [-0.4, -0.2) is 30.6 Å². The highest BCUT2D eigenvalue weighted by Crippen LogP contribution is 2.05. The number of carbonyl (C=O) groups is 2. The zero-order chi connectivity index (χ0) is 15.0. The number of hydrogen-bond donors (Lipinski definition) is 3. The summed E-state index contributed by atoms with van der Waals surface area (Å²) in [5.41, 5.74) is 0. The molecule has 1 heterocycles. The Morgan fingerprint density at radius 3 is 2.65 bits per heavy atom. The van der Waals surface area contributed by atoms with Gasteiger partial charge in [0.1, 0.15) is 11.8 Å². The lowest BCUT2D eigenvalue weighted by Gasteiger charge is -2.17. The molecule has 20 heavy (non-hydrogen) atoms. The Labute approximate surface area is 119 Å². The normalized spacial score (nSPS) is 13.3. The van der Waals surface area contributed by atoms with E-state index in [9.17, 15) is 9.59 Å². The average molecular weight is 281 g/mol. The fraction of sp³-hybridized carbons (Fsp3) is 0.571. The van der Waals surface area contributed by atoms with Crippen LogP contribution in [0, 0.1) is 0 Å². The van der Waals surface area contributed by atoms with Gasteiger partial charge in [0.25, 0.3) is 0 Å². The molecule has 0 bridgehead atoms. The van der Waals surface area contributed by atoms with Crippen molar-refractivity contribution < 1.29 is 14.0 Å². The van der Waals surface area contributed by atoms with Crippen molar-refractivity contribution in [2.75, 3.05) is 6.54 Å². The third-order valence-corrected chi connectivity index (χ3v) is 2.87. The van der Waals surface area contributed by atoms with E-state index < -0.39 is 6.04 Å². The highest BCUT2D eigenvalue weighted by molar-refractivity contribution is 5.86. The summed E-state index contributed by atoms with van der Waals surface area (Å²) < 4.78 is 5.23. The zero-order valence-corrected chi connectivity index (χ0v) is 12.2. The number of likely N-dealkylation sites (N-methyl/N-ethyl adjacent to an activating group) is 1. The molecule has 6 heteroatoms. The maximum atomic E-state index is 11.7. The van der Waals surface area contributed by atoms with Crippen LogP contribution in [0.15, 0.2) is 22.8 Å². The Balaban J connectivity index is 2.25. The summed E-state index contributed by atoms with van der Waals surface area (Å²) in [6, 6.07) is 2.86. The van der Waals surface area contributed by atoms with Gasteiger partial charge in [-0.05, 0) is 39.3 Å². The lowest BCUT2D eigenvalue weighted by molar-refractivity contribution is -0.122. The van der Waals surface area contributed by atoms with E-state index in [0.717, 1.165) is 18.6 Å². The minimum Gasteiger partial charge on any atom is -0.469 e. The lowest BCUT2D eigenvalue weighted by Crippen LogP contribution is -2.50. The third-order valence-electron chi connectivity index (χ3n) is 2.87. The van der Waals surface area contributed by atoms with Crippen molar-refractivity contribution in [2.45, 2.75) is 45.7 Å². The monoisotopic (exact) mass is 281 g/mol. The Kier molecular flexibility index (Phi) is 6.63. The van der Waals surface area contributed by atoms with Crippen molar-refractivity contribution in [3.63, 3.8) is 0 Å². The Hall–Kier alpha value is -1.98. The smallest absolute Gasteiger partial charge is 0.315 e. The van der Waals surface area contributed by atoms with Crippen LogP contribution in [0.5, 0.6) is 0 Å². The van der Waals surface area contributed by atoms with Crippen LogP contribution in [0.3, 0.4) is 0 Å². The standard InChI is InChI=1S/C14H23N3O3/c1-4-15-13(18)11(3)17-14(19)16-10(2)7-8-12-6-5-9-20-12/h5-6,9-11H,4,7-8H2,1-3H3,(H,15,18)(H2,16,17,19)/t10-,11+/m1/s1. The number of aryl methyl sites for hydroxylation is 1. The maximum absolute atomic E-state index is 11.7. The molecule has 3 N–H and O–H groups in total. The number of nitrogens with one attached hydrogen (secondary N) is 3. The van der Waals surface area contributed by atoms with Crippen molar-refractivity contribution in [1.29, 1.82) is 0 Å². The largest absolute Gasteiger partial charge is 0.469 e. The summed E-state index contributed by atoms with van der Waals surface area (Å²) in [6.45, 7) is 5.95. The summed E-state index contributed by atoms with van der Waals surface area (Å²) in [7, 11) is 0. The minimum absolute atomic E-state index is 0.00142. The molecule has 0 saturated carbocycles. The van der Waals surface area contributed by atoms with Crippen molar-refractivity contribution >= 4 is 11.9 Å². The highest BCUT2D eigenvalue weighted by Gasteiger charge is 2.15.